The predicted molar refractivity (Wildman–Crippen MR) is 69.6 cm³/mol. The maximum Gasteiger partial charge on any atom is 0.317 e. The molecule has 0 spiro atoms. The highest BCUT2D eigenvalue weighted by Crippen LogP contribution is 2.30. The normalized spacial score (nSPS) is 12.8. The molecular weight excluding hydrogens is 230 g/mol. The van der Waals surface area contributed by atoms with Gasteiger partial charge < -0.3 is 9.52 Å². The van der Waals surface area contributed by atoms with Crippen molar-refractivity contribution < 1.29 is 14.3 Å². The lowest BCUT2D eigenvalue weighted by Crippen LogP contribution is -2.25. The van der Waals surface area contributed by atoms with Crippen LogP contribution >= 0.6 is 0 Å². The third-order valence-electron chi connectivity index (χ3n) is 3.04. The lowest BCUT2D eigenvalue weighted by molar-refractivity contribution is -0.136. The molecule has 0 radical (unpaired) electrons. The number of hydrogen-bond donors (Lipinski definition) is 2. The van der Waals surface area contributed by atoms with Crippen molar-refractivity contribution in [1.29, 1.82) is 0 Å². The fraction of sp³-hybridized carbons (Fsp3) is 0.357. The molecule has 18 heavy (non-hydrogen) atoms. The second-order valence-corrected chi connectivity index (χ2v) is 4.29. The van der Waals surface area contributed by atoms with E-state index in [0.717, 1.165) is 28.7 Å². The van der Waals surface area contributed by atoms with Crippen molar-refractivity contribution in [3.63, 3.8) is 0 Å². The Balaban J connectivity index is 2.34. The summed E-state index contributed by atoms with van der Waals surface area (Å²) in [5.74, 6) is -0.0315. The number of aliphatic carboxylic acids is 1. The average molecular weight is 247 g/mol. The molecule has 1 aromatic carbocycles. The van der Waals surface area contributed by atoms with Crippen LogP contribution < -0.4 is 5.32 Å². The number of para-hydroxylation sites is 1. The van der Waals surface area contributed by atoms with Crippen LogP contribution in [0.25, 0.3) is 11.0 Å². The molecule has 1 heterocycles. The lowest BCUT2D eigenvalue weighted by Gasteiger charge is -2.11. The maximum absolute atomic E-state index is 10.6. The van der Waals surface area contributed by atoms with Crippen LogP contribution in [0, 0.1) is 0 Å². The van der Waals surface area contributed by atoms with Crippen LogP contribution in [0.15, 0.2) is 28.7 Å². The van der Waals surface area contributed by atoms with E-state index in [9.17, 15) is 4.79 Å². The van der Waals surface area contributed by atoms with Gasteiger partial charge in [0.15, 0.2) is 0 Å². The van der Waals surface area contributed by atoms with E-state index in [2.05, 4.69) is 12.2 Å². The molecule has 96 valence electrons. The zero-order valence-corrected chi connectivity index (χ0v) is 10.6. The molecule has 2 aromatic rings. The van der Waals surface area contributed by atoms with Crippen molar-refractivity contribution >= 4 is 16.9 Å². The highest BCUT2D eigenvalue weighted by atomic mass is 16.4. The zero-order chi connectivity index (χ0) is 13.1. The van der Waals surface area contributed by atoms with Gasteiger partial charge in [0.1, 0.15) is 11.3 Å². The minimum absolute atomic E-state index is 0.0681. The molecule has 0 bridgehead atoms. The second kappa shape index (κ2) is 5.23. The number of rotatable bonds is 5. The van der Waals surface area contributed by atoms with Crippen LogP contribution in [0.5, 0.6) is 0 Å². The van der Waals surface area contributed by atoms with Gasteiger partial charge in [-0.3, -0.25) is 10.1 Å². The molecule has 4 heteroatoms. The van der Waals surface area contributed by atoms with E-state index in [4.69, 9.17) is 9.52 Å². The van der Waals surface area contributed by atoms with E-state index in [-0.39, 0.29) is 12.6 Å². The van der Waals surface area contributed by atoms with Gasteiger partial charge in [0.05, 0.1) is 12.6 Å². The first-order valence-corrected chi connectivity index (χ1v) is 6.09. The minimum Gasteiger partial charge on any atom is -0.480 e. The van der Waals surface area contributed by atoms with Crippen LogP contribution in [0.3, 0.4) is 0 Å². The van der Waals surface area contributed by atoms with E-state index in [1.807, 2.05) is 31.2 Å². The Kier molecular flexibility index (Phi) is 3.67. The summed E-state index contributed by atoms with van der Waals surface area (Å²) in [4.78, 5) is 10.6. The van der Waals surface area contributed by atoms with E-state index in [1.54, 1.807) is 0 Å². The van der Waals surface area contributed by atoms with Gasteiger partial charge >= 0.3 is 5.97 Å². The molecular formula is C14H17NO3. The van der Waals surface area contributed by atoms with Crippen LogP contribution in [-0.2, 0) is 11.2 Å². The number of carboxylic acid groups (broad SMARTS) is 1. The Morgan fingerprint density at radius 2 is 2.17 bits per heavy atom. The highest BCUT2D eigenvalue weighted by Gasteiger charge is 2.18. The predicted octanol–water partition coefficient (Wildman–Crippen LogP) is 2.73. The molecule has 4 nitrogen and oxygen atoms in total. The summed E-state index contributed by atoms with van der Waals surface area (Å²) in [6.45, 7) is 3.92. The number of furan rings is 1. The van der Waals surface area contributed by atoms with Crippen molar-refractivity contribution in [3.8, 4) is 0 Å². The van der Waals surface area contributed by atoms with Gasteiger partial charge in [0.2, 0.25) is 0 Å². The van der Waals surface area contributed by atoms with Gasteiger partial charge in [-0.25, -0.2) is 0 Å². The first-order valence-electron chi connectivity index (χ1n) is 6.09. The van der Waals surface area contributed by atoms with Gasteiger partial charge in [-0.1, -0.05) is 25.1 Å². The van der Waals surface area contributed by atoms with Crippen molar-refractivity contribution in [1.82, 2.24) is 5.32 Å². The van der Waals surface area contributed by atoms with Crippen molar-refractivity contribution in [2.75, 3.05) is 6.54 Å². The van der Waals surface area contributed by atoms with E-state index in [0.29, 0.717) is 0 Å². The summed E-state index contributed by atoms with van der Waals surface area (Å²) in [6.07, 6.45) is 0.867. The summed E-state index contributed by atoms with van der Waals surface area (Å²) in [5, 5.41) is 12.7. The summed E-state index contributed by atoms with van der Waals surface area (Å²) in [6, 6.07) is 7.77. The minimum atomic E-state index is -0.865. The molecule has 0 fully saturated rings. The topological polar surface area (TPSA) is 62.5 Å². The Labute approximate surface area is 106 Å². The molecule has 0 saturated carbocycles. The van der Waals surface area contributed by atoms with Gasteiger partial charge in [-0.15, -0.1) is 0 Å². The van der Waals surface area contributed by atoms with Gasteiger partial charge in [-0.2, -0.15) is 0 Å². The molecule has 0 saturated heterocycles. The molecule has 1 atom stereocenters. The Morgan fingerprint density at radius 3 is 2.83 bits per heavy atom. The molecule has 1 unspecified atom stereocenters. The highest BCUT2D eigenvalue weighted by molar-refractivity contribution is 5.82. The zero-order valence-electron chi connectivity index (χ0n) is 10.6. The summed E-state index contributed by atoms with van der Waals surface area (Å²) in [7, 11) is 0. The first kappa shape index (κ1) is 12.6. The number of hydrogen-bond acceptors (Lipinski definition) is 3. The quantitative estimate of drug-likeness (QED) is 0.852. The molecule has 2 N–H and O–H groups in total. The number of benzene rings is 1. The number of carboxylic acids is 1. The number of nitrogens with one attached hydrogen (secondary N) is 1. The Morgan fingerprint density at radius 1 is 1.44 bits per heavy atom. The SMILES string of the molecule is CCc1c(C(C)NCC(=O)O)oc2ccccc12. The molecule has 0 aliphatic carbocycles. The van der Waals surface area contributed by atoms with Gasteiger partial charge in [-0.05, 0) is 19.4 Å². The first-order chi connectivity index (χ1) is 8.63. The average Bonchev–Trinajstić information content (AvgIpc) is 2.74. The largest absolute Gasteiger partial charge is 0.480 e. The molecule has 1 aromatic heterocycles. The summed E-state index contributed by atoms with van der Waals surface area (Å²) >= 11 is 0. The lowest BCUT2D eigenvalue weighted by atomic mass is 10.1. The van der Waals surface area contributed by atoms with E-state index in [1.165, 1.54) is 0 Å². The summed E-state index contributed by atoms with van der Waals surface area (Å²) in [5.41, 5.74) is 2.00. The van der Waals surface area contributed by atoms with Crippen molar-refractivity contribution in [2.45, 2.75) is 26.3 Å². The van der Waals surface area contributed by atoms with Crippen LogP contribution in [-0.4, -0.2) is 17.6 Å². The second-order valence-electron chi connectivity index (χ2n) is 4.29. The third-order valence-corrected chi connectivity index (χ3v) is 3.04. The fourth-order valence-corrected chi connectivity index (χ4v) is 2.17. The van der Waals surface area contributed by atoms with Crippen LogP contribution in [0.4, 0.5) is 0 Å². The summed E-state index contributed by atoms with van der Waals surface area (Å²) < 4.78 is 5.83. The van der Waals surface area contributed by atoms with Gasteiger partial charge in [0, 0.05) is 10.9 Å². The fourth-order valence-electron chi connectivity index (χ4n) is 2.17. The molecule has 0 amide bonds. The van der Waals surface area contributed by atoms with Crippen LogP contribution in [0.1, 0.15) is 31.2 Å². The Bertz CT molecular complexity index is 559. The molecule has 0 aliphatic rings. The van der Waals surface area contributed by atoms with E-state index < -0.39 is 5.97 Å². The molecule has 2 rings (SSSR count). The monoisotopic (exact) mass is 247 g/mol. The van der Waals surface area contributed by atoms with Gasteiger partial charge in [0.25, 0.3) is 0 Å². The number of fused-ring (bicyclic) bond motifs is 1. The third kappa shape index (κ3) is 2.38. The number of aryl methyl sites for hydroxylation is 1. The van der Waals surface area contributed by atoms with E-state index >= 15 is 0 Å². The van der Waals surface area contributed by atoms with Crippen LogP contribution in [0.2, 0.25) is 0 Å². The maximum atomic E-state index is 10.6. The number of carbonyl (C=O) groups is 1. The molecule has 0 aliphatic heterocycles. The van der Waals surface area contributed by atoms with Crippen molar-refractivity contribution in [2.24, 2.45) is 0 Å². The Hall–Kier alpha value is -1.81. The standard InChI is InChI=1S/C14H17NO3/c1-3-10-11-6-4-5-7-12(11)18-14(10)9(2)15-8-13(16)17/h4-7,9,15H,3,8H2,1-2H3,(H,16,17). The smallest absolute Gasteiger partial charge is 0.317 e. The van der Waals surface area contributed by atoms with Crippen molar-refractivity contribution in [3.05, 3.63) is 35.6 Å².